The van der Waals surface area contributed by atoms with Gasteiger partial charge in [-0.15, -0.1) is 5.10 Å². The molecule has 0 aliphatic heterocycles. The van der Waals surface area contributed by atoms with Gasteiger partial charge in [-0.1, -0.05) is 18.2 Å². The van der Waals surface area contributed by atoms with Crippen LogP contribution < -0.4 is 11.1 Å². The topological polar surface area (TPSA) is 106 Å². The number of nitrogens with one attached hydrogen (secondary N) is 1. The molecule has 0 saturated carbocycles. The van der Waals surface area contributed by atoms with E-state index in [0.29, 0.717) is 16.8 Å². The zero-order chi connectivity index (χ0) is 23.7. The maximum Gasteiger partial charge on any atom is 0.254 e. The lowest BCUT2D eigenvalue weighted by Crippen LogP contribution is -2.27. The van der Waals surface area contributed by atoms with Crippen molar-refractivity contribution in [3.05, 3.63) is 82.8 Å². The Balaban J connectivity index is 1.50. The summed E-state index contributed by atoms with van der Waals surface area (Å²) >= 11 is 0. The van der Waals surface area contributed by atoms with Gasteiger partial charge in [0.1, 0.15) is 5.82 Å². The number of hydrogen-bond acceptors (Lipinski definition) is 5. The summed E-state index contributed by atoms with van der Waals surface area (Å²) < 4.78 is 43.2. The number of nitrogens with two attached hydrogens (primary N) is 1. The number of aliphatic hydroxyl groups is 1. The molecule has 0 aliphatic carbocycles. The molecule has 1 unspecified atom stereocenters. The third-order valence-electron chi connectivity index (χ3n) is 5.27. The predicted molar refractivity (Wildman–Crippen MR) is 116 cm³/mol. The number of aliphatic hydroxyl groups excluding tert-OH is 1. The number of carbonyl (C=O) groups is 1. The van der Waals surface area contributed by atoms with Gasteiger partial charge in [-0.2, -0.15) is 4.98 Å². The van der Waals surface area contributed by atoms with E-state index in [1.165, 1.54) is 10.6 Å². The molecular weight excluding hydrogens is 435 g/mol. The first-order valence-corrected chi connectivity index (χ1v) is 10.1. The molecule has 170 valence electrons. The van der Waals surface area contributed by atoms with E-state index in [2.05, 4.69) is 15.4 Å². The van der Waals surface area contributed by atoms with Gasteiger partial charge in [-0.25, -0.2) is 17.7 Å². The van der Waals surface area contributed by atoms with Crippen molar-refractivity contribution in [2.45, 2.75) is 19.4 Å². The van der Waals surface area contributed by atoms with Crippen LogP contribution in [0.1, 0.15) is 34.0 Å². The molecule has 10 heteroatoms. The van der Waals surface area contributed by atoms with Gasteiger partial charge in [0.15, 0.2) is 17.3 Å². The number of benzene rings is 2. The van der Waals surface area contributed by atoms with Crippen molar-refractivity contribution in [3.63, 3.8) is 0 Å². The SMILES string of the molecule is Cc1ccc(-c2ccn3nc(N)nc3c2)c(F)c1C(=O)NCCC(O)c1ccc(F)c(F)c1. The van der Waals surface area contributed by atoms with Crippen molar-refractivity contribution in [1.29, 1.82) is 0 Å². The lowest BCUT2D eigenvalue weighted by Gasteiger charge is -2.14. The summed E-state index contributed by atoms with van der Waals surface area (Å²) in [6, 6.07) is 9.52. The minimum absolute atomic E-state index is 0.00686. The highest BCUT2D eigenvalue weighted by molar-refractivity contribution is 5.97. The van der Waals surface area contributed by atoms with Crippen LogP contribution in [0, 0.1) is 24.4 Å². The van der Waals surface area contributed by atoms with Crippen LogP contribution in [0.25, 0.3) is 16.8 Å². The van der Waals surface area contributed by atoms with Crippen molar-refractivity contribution in [3.8, 4) is 11.1 Å². The molecular formula is C23H20F3N5O2. The van der Waals surface area contributed by atoms with Gasteiger partial charge in [0.2, 0.25) is 5.95 Å². The quantitative estimate of drug-likeness (QED) is 0.412. The van der Waals surface area contributed by atoms with Gasteiger partial charge in [0, 0.05) is 18.3 Å². The number of halogens is 3. The van der Waals surface area contributed by atoms with Crippen LogP contribution in [-0.4, -0.2) is 32.2 Å². The largest absolute Gasteiger partial charge is 0.388 e. The van der Waals surface area contributed by atoms with E-state index < -0.39 is 29.5 Å². The Bertz CT molecular complexity index is 1360. The van der Waals surface area contributed by atoms with Gasteiger partial charge in [-0.05, 0) is 54.3 Å². The fourth-order valence-corrected chi connectivity index (χ4v) is 3.54. The second-order valence-corrected chi connectivity index (χ2v) is 7.54. The summed E-state index contributed by atoms with van der Waals surface area (Å²) in [5, 5.41) is 16.7. The van der Waals surface area contributed by atoms with E-state index in [9.17, 15) is 18.7 Å². The van der Waals surface area contributed by atoms with Crippen molar-refractivity contribution in [2.24, 2.45) is 0 Å². The third kappa shape index (κ3) is 4.51. The Labute approximate surface area is 186 Å². The number of aromatic nitrogens is 3. The molecule has 0 aliphatic rings. The number of rotatable bonds is 6. The van der Waals surface area contributed by atoms with Gasteiger partial charge < -0.3 is 16.2 Å². The number of carbonyl (C=O) groups excluding carboxylic acids is 1. The highest BCUT2D eigenvalue weighted by Gasteiger charge is 2.20. The van der Waals surface area contributed by atoms with Crippen LogP contribution >= 0.6 is 0 Å². The Morgan fingerprint density at radius 3 is 2.70 bits per heavy atom. The van der Waals surface area contributed by atoms with E-state index >= 15 is 4.39 Å². The number of pyridine rings is 1. The normalized spacial score (nSPS) is 12.2. The zero-order valence-electron chi connectivity index (χ0n) is 17.5. The summed E-state index contributed by atoms with van der Waals surface area (Å²) in [7, 11) is 0. The fourth-order valence-electron chi connectivity index (χ4n) is 3.54. The summed E-state index contributed by atoms with van der Waals surface area (Å²) in [5.74, 6) is -3.36. The fraction of sp³-hybridized carbons (Fsp3) is 0.174. The minimum atomic E-state index is -1.13. The molecule has 2 aromatic carbocycles. The minimum Gasteiger partial charge on any atom is -0.388 e. The molecule has 1 amide bonds. The van der Waals surface area contributed by atoms with Crippen LogP contribution in [-0.2, 0) is 0 Å². The lowest BCUT2D eigenvalue weighted by molar-refractivity contribution is 0.0938. The van der Waals surface area contributed by atoms with Crippen LogP contribution in [0.15, 0.2) is 48.7 Å². The van der Waals surface area contributed by atoms with E-state index in [1.54, 1.807) is 37.4 Å². The number of fused-ring (bicyclic) bond motifs is 1. The van der Waals surface area contributed by atoms with Crippen molar-refractivity contribution >= 4 is 17.5 Å². The van der Waals surface area contributed by atoms with Crippen LogP contribution in [0.5, 0.6) is 0 Å². The average molecular weight is 455 g/mol. The number of nitrogen functional groups attached to an aromatic ring is 1. The predicted octanol–water partition coefficient (Wildman–Crippen LogP) is 3.56. The molecule has 4 aromatic rings. The Morgan fingerprint density at radius 1 is 1.15 bits per heavy atom. The Morgan fingerprint density at radius 2 is 1.94 bits per heavy atom. The monoisotopic (exact) mass is 455 g/mol. The molecule has 0 bridgehead atoms. The first kappa shape index (κ1) is 22.3. The first-order valence-electron chi connectivity index (χ1n) is 10.1. The number of aryl methyl sites for hydroxylation is 1. The summed E-state index contributed by atoms with van der Waals surface area (Å²) in [4.78, 5) is 16.8. The van der Waals surface area contributed by atoms with E-state index in [4.69, 9.17) is 5.73 Å². The van der Waals surface area contributed by atoms with Crippen LogP contribution in [0.3, 0.4) is 0 Å². The molecule has 4 N–H and O–H groups in total. The smallest absolute Gasteiger partial charge is 0.254 e. The van der Waals surface area contributed by atoms with E-state index in [-0.39, 0.29) is 35.6 Å². The number of hydrogen-bond donors (Lipinski definition) is 3. The van der Waals surface area contributed by atoms with E-state index in [1.807, 2.05) is 0 Å². The van der Waals surface area contributed by atoms with E-state index in [0.717, 1.165) is 12.1 Å². The molecule has 1 atom stereocenters. The maximum absolute atomic E-state index is 15.4. The van der Waals surface area contributed by atoms with Crippen molar-refractivity contribution in [1.82, 2.24) is 19.9 Å². The molecule has 4 rings (SSSR count). The maximum atomic E-state index is 15.4. The van der Waals surface area contributed by atoms with Gasteiger partial charge in [0.05, 0.1) is 11.7 Å². The third-order valence-corrected chi connectivity index (χ3v) is 5.27. The molecule has 2 heterocycles. The second kappa shape index (κ2) is 8.91. The van der Waals surface area contributed by atoms with Gasteiger partial charge in [0.25, 0.3) is 5.91 Å². The zero-order valence-corrected chi connectivity index (χ0v) is 17.5. The van der Waals surface area contributed by atoms with Crippen LogP contribution in [0.2, 0.25) is 0 Å². The second-order valence-electron chi connectivity index (χ2n) is 7.54. The molecule has 0 radical (unpaired) electrons. The van der Waals surface area contributed by atoms with Crippen molar-refractivity contribution < 1.29 is 23.1 Å². The Hall–Kier alpha value is -3.92. The lowest BCUT2D eigenvalue weighted by atomic mass is 9.98. The summed E-state index contributed by atoms with van der Waals surface area (Å²) in [6.45, 7) is 1.60. The summed E-state index contributed by atoms with van der Waals surface area (Å²) in [5.41, 5.74) is 7.20. The molecule has 0 saturated heterocycles. The summed E-state index contributed by atoms with van der Waals surface area (Å²) in [6.07, 6.45) is 0.495. The van der Waals surface area contributed by atoms with Crippen molar-refractivity contribution in [2.75, 3.05) is 12.3 Å². The molecule has 33 heavy (non-hydrogen) atoms. The molecule has 7 nitrogen and oxygen atoms in total. The Kier molecular flexibility index (Phi) is 6.01. The van der Waals surface area contributed by atoms with Gasteiger partial charge >= 0.3 is 0 Å². The highest BCUT2D eigenvalue weighted by atomic mass is 19.2. The molecule has 0 fully saturated rings. The average Bonchev–Trinajstić information content (AvgIpc) is 3.15. The number of anilines is 1. The molecule has 2 aromatic heterocycles. The van der Waals surface area contributed by atoms with Crippen LogP contribution in [0.4, 0.5) is 19.1 Å². The standard InChI is InChI=1S/C23H20F3N5O2/c1-12-2-4-15(13-7-9-31-19(11-13)29-23(27)30-31)21(26)20(12)22(33)28-8-6-18(32)14-3-5-16(24)17(25)10-14/h2-5,7,9-11,18,32H,6,8H2,1H3,(H2,27,30)(H,28,33). The number of amides is 1. The number of nitrogens with zero attached hydrogens (tertiary/aromatic N) is 3. The highest BCUT2D eigenvalue weighted by Crippen LogP contribution is 2.28. The molecule has 0 spiro atoms. The van der Waals surface area contributed by atoms with Gasteiger partial charge in [-0.3, -0.25) is 4.79 Å². The first-order chi connectivity index (χ1) is 15.7.